The summed E-state index contributed by atoms with van der Waals surface area (Å²) in [5, 5.41) is 0. The first kappa shape index (κ1) is 30.0. The Kier molecular flexibility index (Phi) is 7.42. The topological polar surface area (TPSA) is 26.3 Å². The zero-order valence-electron chi connectivity index (χ0n) is 25.7. The van der Waals surface area contributed by atoms with Crippen LogP contribution in [0.3, 0.4) is 0 Å². The number of hydrogen-bond acceptors (Lipinski definition) is 2. The van der Waals surface area contributed by atoms with E-state index >= 15 is 0 Å². The van der Waals surface area contributed by atoms with E-state index in [0.717, 1.165) is 33.8 Å². The quantitative estimate of drug-likeness (QED) is 0.153. The zero-order valence-corrected chi connectivity index (χ0v) is 30.8. The van der Waals surface area contributed by atoms with Gasteiger partial charge in [-0.05, 0) is 0 Å². The molecule has 2 heterocycles. The molecule has 0 saturated carbocycles. The summed E-state index contributed by atoms with van der Waals surface area (Å²) < 4.78 is 11.7. The third-order valence-corrected chi connectivity index (χ3v) is 61.7. The summed E-state index contributed by atoms with van der Waals surface area (Å²) in [6.45, 7) is 4.78. The molecule has 2 unspecified atom stereocenters. The van der Waals surface area contributed by atoms with E-state index in [-0.39, 0.29) is 7.25 Å². The summed E-state index contributed by atoms with van der Waals surface area (Å²) >= 11 is -5.13. The number of allylic oxidation sites excluding steroid dienone is 2. The van der Waals surface area contributed by atoms with E-state index in [9.17, 15) is 0 Å². The summed E-state index contributed by atoms with van der Waals surface area (Å²) in [5.74, 6) is -0.109. The number of halogens is 2. The first-order valence-corrected chi connectivity index (χ1v) is 32.1. The Morgan fingerprint density at radius 2 is 0.957 bits per heavy atom. The number of benzene rings is 4. The first-order chi connectivity index (χ1) is 22.4. The molecular formula is C40H33Cl2O2SiZr. The van der Waals surface area contributed by atoms with Gasteiger partial charge in [0.05, 0.1) is 0 Å². The maximum atomic E-state index is 8.75. The Labute approximate surface area is 278 Å². The SMILES string of the molecule is C[SiH](C)[Zr]([Cl])([Cl])([CH]1C(c2ccccc2)=Cc2c(-c3ccco3)cccc21)[CH]1C(c2ccccc2)=Cc2c(-c3ccco3)cccc21. The fourth-order valence-electron chi connectivity index (χ4n) is 7.88. The minimum absolute atomic E-state index is 0.112. The molecule has 0 aliphatic heterocycles. The van der Waals surface area contributed by atoms with Crippen molar-refractivity contribution in [2.45, 2.75) is 20.3 Å². The Balaban J connectivity index is 1.43. The van der Waals surface area contributed by atoms with E-state index < -0.39 is 21.5 Å². The second-order valence-corrected chi connectivity index (χ2v) is 55.3. The molecule has 0 amide bonds. The molecule has 6 heteroatoms. The van der Waals surface area contributed by atoms with Gasteiger partial charge in [-0.25, -0.2) is 0 Å². The van der Waals surface area contributed by atoms with Crippen molar-refractivity contribution >= 4 is 46.2 Å². The van der Waals surface area contributed by atoms with Crippen LogP contribution in [0.4, 0.5) is 0 Å². The number of furan rings is 2. The Morgan fingerprint density at radius 3 is 1.33 bits per heavy atom. The maximum absolute atomic E-state index is 8.75. The van der Waals surface area contributed by atoms with Gasteiger partial charge in [-0.15, -0.1) is 0 Å². The van der Waals surface area contributed by atoms with Crippen LogP contribution in [0.15, 0.2) is 143 Å². The van der Waals surface area contributed by atoms with Crippen molar-refractivity contribution in [3.63, 3.8) is 0 Å². The van der Waals surface area contributed by atoms with E-state index in [2.05, 4.69) is 122 Å². The Hall–Kier alpha value is -3.40. The van der Waals surface area contributed by atoms with Crippen LogP contribution in [0.25, 0.3) is 45.9 Å². The molecule has 0 saturated heterocycles. The van der Waals surface area contributed by atoms with E-state index in [1.165, 1.54) is 33.4 Å². The third-order valence-electron chi connectivity index (χ3n) is 10.1. The third kappa shape index (κ3) is 4.53. The fourth-order valence-corrected chi connectivity index (χ4v) is 38.0. The van der Waals surface area contributed by atoms with Crippen molar-refractivity contribution in [3.05, 3.63) is 167 Å². The average molecular weight is 736 g/mol. The molecule has 2 aliphatic carbocycles. The van der Waals surface area contributed by atoms with E-state index in [4.69, 9.17) is 25.9 Å². The van der Waals surface area contributed by atoms with Gasteiger partial charge in [0, 0.05) is 0 Å². The molecule has 0 radical (unpaired) electrons. The van der Waals surface area contributed by atoms with Gasteiger partial charge < -0.3 is 0 Å². The van der Waals surface area contributed by atoms with Gasteiger partial charge in [0.25, 0.3) is 0 Å². The van der Waals surface area contributed by atoms with Gasteiger partial charge in [-0.2, -0.15) is 0 Å². The van der Waals surface area contributed by atoms with Gasteiger partial charge in [-0.3, -0.25) is 0 Å². The van der Waals surface area contributed by atoms with Crippen molar-refractivity contribution in [1.29, 1.82) is 0 Å². The molecule has 227 valence electrons. The van der Waals surface area contributed by atoms with Gasteiger partial charge >= 0.3 is 281 Å². The second kappa shape index (κ2) is 11.4. The van der Waals surface area contributed by atoms with E-state index in [1.54, 1.807) is 12.5 Å². The van der Waals surface area contributed by atoms with Crippen molar-refractivity contribution in [3.8, 4) is 22.6 Å². The van der Waals surface area contributed by atoms with Crippen LogP contribution in [0.2, 0.25) is 13.1 Å². The predicted octanol–water partition coefficient (Wildman–Crippen LogP) is 12.1. The molecule has 0 spiro atoms. The monoisotopic (exact) mass is 733 g/mol. The fraction of sp³-hybridized carbons (Fsp3) is 0.100. The van der Waals surface area contributed by atoms with Crippen LogP contribution in [-0.4, -0.2) is 5.92 Å². The molecule has 4 aromatic carbocycles. The predicted molar refractivity (Wildman–Crippen MR) is 193 cm³/mol. The van der Waals surface area contributed by atoms with Crippen LogP contribution in [0.1, 0.15) is 40.6 Å². The summed E-state index contributed by atoms with van der Waals surface area (Å²) in [4.78, 5) is 0. The van der Waals surface area contributed by atoms with Crippen molar-refractivity contribution in [2.75, 3.05) is 0 Å². The zero-order chi connectivity index (χ0) is 31.5. The standard InChI is InChI=1S/2C19H13O.C2H7Si.2ClH.Zr/c2*1-2-6-14(7-3-1)16-12-15-8-4-9-17(18(15)13-16)19-10-5-11-20-19;1-3-2;;;/h2*1-13H;3H,1-2H3;2*1H;/q;;;;;+2/p-2. The summed E-state index contributed by atoms with van der Waals surface area (Å²) in [5.41, 5.74) is 11.6. The minimum atomic E-state index is -5.13. The van der Waals surface area contributed by atoms with Crippen LogP contribution in [0.5, 0.6) is 0 Å². The van der Waals surface area contributed by atoms with E-state index in [1.807, 2.05) is 24.3 Å². The summed E-state index contributed by atoms with van der Waals surface area (Å²) in [7, 11) is 17.5. The van der Waals surface area contributed by atoms with Crippen LogP contribution in [0, 0.1) is 0 Å². The first-order valence-electron chi connectivity index (χ1n) is 15.8. The molecule has 2 atom stereocenters. The van der Waals surface area contributed by atoms with Gasteiger partial charge in [0.15, 0.2) is 0 Å². The Morgan fingerprint density at radius 1 is 0.522 bits per heavy atom. The number of fused-ring (bicyclic) bond motifs is 2. The normalized spacial score (nSPS) is 18.1. The van der Waals surface area contributed by atoms with Crippen LogP contribution < -0.4 is 0 Å². The molecule has 8 rings (SSSR count). The molecule has 2 aromatic heterocycles. The summed E-state index contributed by atoms with van der Waals surface area (Å²) in [6.07, 6.45) is 8.18. The van der Waals surface area contributed by atoms with Crippen LogP contribution >= 0.6 is 17.0 Å². The van der Waals surface area contributed by atoms with Crippen LogP contribution in [-0.2, 0) is 15.6 Å². The Bertz CT molecular complexity index is 1970. The average Bonchev–Trinajstić information content (AvgIpc) is 3.90. The van der Waals surface area contributed by atoms with Gasteiger partial charge in [0.1, 0.15) is 0 Å². The number of rotatable bonds is 7. The molecule has 0 N–H and O–H groups in total. The molecule has 2 aliphatic rings. The molecular weight excluding hydrogens is 703 g/mol. The van der Waals surface area contributed by atoms with E-state index in [0.29, 0.717) is 0 Å². The molecule has 0 bridgehead atoms. The second-order valence-electron chi connectivity index (χ2n) is 12.7. The van der Waals surface area contributed by atoms with Gasteiger partial charge in [-0.1, -0.05) is 0 Å². The molecule has 0 fully saturated rings. The summed E-state index contributed by atoms with van der Waals surface area (Å²) in [6, 6.07) is 42.4. The molecule has 46 heavy (non-hydrogen) atoms. The molecule has 6 aromatic rings. The van der Waals surface area contributed by atoms with Crippen molar-refractivity contribution < 1.29 is 24.4 Å². The number of hydrogen-bond donors (Lipinski definition) is 0. The van der Waals surface area contributed by atoms with Crippen molar-refractivity contribution in [2.24, 2.45) is 0 Å². The molecule has 2 nitrogen and oxygen atoms in total. The van der Waals surface area contributed by atoms with Crippen molar-refractivity contribution in [1.82, 2.24) is 0 Å². The van der Waals surface area contributed by atoms with Gasteiger partial charge in [0.2, 0.25) is 0 Å².